The molecule has 0 saturated carbocycles. The summed E-state index contributed by atoms with van der Waals surface area (Å²) in [5, 5.41) is 3.31. The smallest absolute Gasteiger partial charge is 0.391 e. The summed E-state index contributed by atoms with van der Waals surface area (Å²) >= 11 is 0. The Morgan fingerprint density at radius 2 is 1.58 bits per heavy atom. The Labute approximate surface area is 177 Å². The fourth-order valence-electron chi connectivity index (χ4n) is 4.22. The highest BCUT2D eigenvalue weighted by Crippen LogP contribution is 2.38. The van der Waals surface area contributed by atoms with Crippen molar-refractivity contribution in [1.82, 2.24) is 9.13 Å². The van der Waals surface area contributed by atoms with Crippen LogP contribution < -0.4 is 20.6 Å². The molecule has 3 aromatic rings. The number of aromatic nitrogens is 2. The lowest BCUT2D eigenvalue weighted by molar-refractivity contribution is -0.179. The van der Waals surface area contributed by atoms with Crippen LogP contribution in [0.25, 0.3) is 11.0 Å². The number of aryl methyl sites for hydroxylation is 2. The van der Waals surface area contributed by atoms with Gasteiger partial charge in [0.2, 0.25) is 0 Å². The molecule has 0 atom stereocenters. The molecule has 0 radical (unpaired) electrons. The SMILES string of the molecule is COc1cc(Nc2ccc3c(c2)n(C)c(=O)n3C)ccc1N1CCC(C(F)(F)F)CC1. The lowest BCUT2D eigenvalue weighted by atomic mass is 9.96. The second-order valence-electron chi connectivity index (χ2n) is 7.92. The number of benzene rings is 2. The highest BCUT2D eigenvalue weighted by Gasteiger charge is 2.41. The topological polar surface area (TPSA) is 51.4 Å². The van der Waals surface area contributed by atoms with Crippen LogP contribution in [-0.2, 0) is 14.1 Å². The van der Waals surface area contributed by atoms with Crippen molar-refractivity contribution in [2.24, 2.45) is 20.0 Å². The number of halogens is 3. The van der Waals surface area contributed by atoms with E-state index in [1.54, 1.807) is 30.3 Å². The summed E-state index contributed by atoms with van der Waals surface area (Å²) in [4.78, 5) is 14.1. The molecule has 166 valence electrons. The molecular formula is C22H25F3N4O2. The van der Waals surface area contributed by atoms with Crippen molar-refractivity contribution in [3.8, 4) is 5.75 Å². The van der Waals surface area contributed by atoms with Gasteiger partial charge in [-0.3, -0.25) is 9.13 Å². The Kier molecular flexibility index (Phi) is 5.36. The van der Waals surface area contributed by atoms with Gasteiger partial charge < -0.3 is 15.0 Å². The van der Waals surface area contributed by atoms with Crippen LogP contribution in [0.5, 0.6) is 5.75 Å². The van der Waals surface area contributed by atoms with Gasteiger partial charge in [0.05, 0.1) is 29.7 Å². The van der Waals surface area contributed by atoms with Crippen LogP contribution in [0, 0.1) is 5.92 Å². The van der Waals surface area contributed by atoms with Gasteiger partial charge in [-0.25, -0.2) is 4.79 Å². The average molecular weight is 434 g/mol. The largest absolute Gasteiger partial charge is 0.495 e. The predicted molar refractivity (Wildman–Crippen MR) is 115 cm³/mol. The van der Waals surface area contributed by atoms with Crippen LogP contribution in [0.3, 0.4) is 0 Å². The first-order valence-corrected chi connectivity index (χ1v) is 10.1. The van der Waals surface area contributed by atoms with Crippen LogP contribution in [0.1, 0.15) is 12.8 Å². The molecule has 1 saturated heterocycles. The molecule has 2 heterocycles. The van der Waals surface area contributed by atoms with E-state index < -0.39 is 12.1 Å². The van der Waals surface area contributed by atoms with E-state index in [9.17, 15) is 18.0 Å². The van der Waals surface area contributed by atoms with Crippen molar-refractivity contribution < 1.29 is 17.9 Å². The van der Waals surface area contributed by atoms with Crippen molar-refractivity contribution in [1.29, 1.82) is 0 Å². The minimum absolute atomic E-state index is 0.0858. The molecule has 9 heteroatoms. The normalized spacial score (nSPS) is 15.5. The van der Waals surface area contributed by atoms with E-state index >= 15 is 0 Å². The summed E-state index contributed by atoms with van der Waals surface area (Å²) in [6.07, 6.45) is -3.96. The first-order chi connectivity index (χ1) is 14.7. The van der Waals surface area contributed by atoms with Gasteiger partial charge in [0, 0.05) is 44.6 Å². The van der Waals surface area contributed by atoms with E-state index in [-0.39, 0.29) is 18.5 Å². The number of rotatable bonds is 4. The number of nitrogens with zero attached hydrogens (tertiary/aromatic N) is 3. The molecule has 0 amide bonds. The van der Waals surface area contributed by atoms with Crippen LogP contribution in [0.15, 0.2) is 41.2 Å². The van der Waals surface area contributed by atoms with Crippen LogP contribution >= 0.6 is 0 Å². The standard InChI is InChI=1S/C22H25F3N4O2/c1-27-17-6-4-15(12-19(17)28(2)21(27)30)26-16-5-7-18(20(13-16)31-3)29-10-8-14(9-11-29)22(23,24)25/h4-7,12-14,26H,8-11H2,1-3H3. The monoisotopic (exact) mass is 434 g/mol. The number of fused-ring (bicyclic) bond motifs is 1. The molecule has 0 bridgehead atoms. The van der Waals surface area contributed by atoms with Crippen LogP contribution in [0.2, 0.25) is 0 Å². The fraction of sp³-hybridized carbons (Fsp3) is 0.409. The van der Waals surface area contributed by atoms with E-state index in [1.165, 1.54) is 0 Å². The van der Waals surface area contributed by atoms with Crippen molar-refractivity contribution >= 4 is 28.1 Å². The Morgan fingerprint density at radius 3 is 2.23 bits per heavy atom. The van der Waals surface area contributed by atoms with Gasteiger partial charge in [-0.05, 0) is 43.2 Å². The molecule has 31 heavy (non-hydrogen) atoms. The maximum absolute atomic E-state index is 13.0. The summed E-state index contributed by atoms with van der Waals surface area (Å²) in [7, 11) is 5.02. The summed E-state index contributed by atoms with van der Waals surface area (Å²) in [6, 6.07) is 11.3. The van der Waals surface area contributed by atoms with Crippen LogP contribution in [-0.4, -0.2) is 35.5 Å². The summed E-state index contributed by atoms with van der Waals surface area (Å²) in [6.45, 7) is 0.679. The highest BCUT2D eigenvalue weighted by atomic mass is 19.4. The minimum atomic E-state index is -4.13. The summed E-state index contributed by atoms with van der Waals surface area (Å²) < 4.78 is 47.6. The number of ether oxygens (including phenoxy) is 1. The molecular weight excluding hydrogens is 409 g/mol. The number of nitrogens with one attached hydrogen (secondary N) is 1. The molecule has 2 aromatic carbocycles. The molecule has 0 aliphatic carbocycles. The second-order valence-corrected chi connectivity index (χ2v) is 7.92. The Hall–Kier alpha value is -3.10. The number of hydrogen-bond donors (Lipinski definition) is 1. The maximum Gasteiger partial charge on any atom is 0.391 e. The Morgan fingerprint density at radius 1 is 0.968 bits per heavy atom. The third-order valence-corrected chi connectivity index (χ3v) is 6.04. The van der Waals surface area contributed by atoms with Crippen molar-refractivity contribution in [3.05, 3.63) is 46.9 Å². The van der Waals surface area contributed by atoms with Crippen molar-refractivity contribution in [3.63, 3.8) is 0 Å². The van der Waals surface area contributed by atoms with E-state index in [0.29, 0.717) is 18.8 Å². The lowest BCUT2D eigenvalue weighted by Gasteiger charge is -2.35. The van der Waals surface area contributed by atoms with E-state index in [0.717, 1.165) is 28.1 Å². The van der Waals surface area contributed by atoms with E-state index in [1.807, 2.05) is 41.3 Å². The van der Waals surface area contributed by atoms with Gasteiger partial charge in [-0.2, -0.15) is 13.2 Å². The number of methoxy groups -OCH3 is 1. The molecule has 1 N–H and O–H groups in total. The van der Waals surface area contributed by atoms with Gasteiger partial charge in [-0.15, -0.1) is 0 Å². The van der Waals surface area contributed by atoms with Gasteiger partial charge in [0.15, 0.2) is 0 Å². The predicted octanol–water partition coefficient (Wildman–Crippen LogP) is 4.41. The molecule has 1 aliphatic rings. The van der Waals surface area contributed by atoms with Gasteiger partial charge >= 0.3 is 11.9 Å². The Balaban J connectivity index is 1.54. The molecule has 4 rings (SSSR count). The number of hydrogen-bond acceptors (Lipinski definition) is 4. The van der Waals surface area contributed by atoms with Gasteiger partial charge in [-0.1, -0.05) is 0 Å². The zero-order valence-corrected chi connectivity index (χ0v) is 17.7. The molecule has 0 spiro atoms. The van der Waals surface area contributed by atoms with Crippen molar-refractivity contribution in [2.75, 3.05) is 30.4 Å². The number of imidazole rings is 1. The summed E-state index contributed by atoms with van der Waals surface area (Å²) in [5.41, 5.74) is 3.95. The highest BCUT2D eigenvalue weighted by molar-refractivity contribution is 5.82. The number of alkyl halides is 3. The maximum atomic E-state index is 13.0. The van der Waals surface area contributed by atoms with Gasteiger partial charge in [0.25, 0.3) is 0 Å². The molecule has 6 nitrogen and oxygen atoms in total. The van der Waals surface area contributed by atoms with Crippen molar-refractivity contribution in [2.45, 2.75) is 19.0 Å². The zero-order chi connectivity index (χ0) is 22.3. The molecule has 1 aromatic heterocycles. The Bertz CT molecular complexity index is 1160. The molecule has 1 aliphatic heterocycles. The van der Waals surface area contributed by atoms with Crippen LogP contribution in [0.4, 0.5) is 30.2 Å². The third-order valence-electron chi connectivity index (χ3n) is 6.04. The zero-order valence-electron chi connectivity index (χ0n) is 17.7. The minimum Gasteiger partial charge on any atom is -0.495 e. The lowest BCUT2D eigenvalue weighted by Crippen LogP contribution is -2.39. The quantitative estimate of drug-likeness (QED) is 0.661. The second kappa shape index (κ2) is 7.86. The number of anilines is 3. The van der Waals surface area contributed by atoms with E-state index in [4.69, 9.17) is 4.74 Å². The molecule has 0 unspecified atom stereocenters. The fourth-order valence-corrected chi connectivity index (χ4v) is 4.22. The average Bonchev–Trinajstić information content (AvgIpc) is 2.97. The van der Waals surface area contributed by atoms with E-state index in [2.05, 4.69) is 5.32 Å². The summed E-state index contributed by atoms with van der Waals surface area (Å²) in [5.74, 6) is -0.636. The first-order valence-electron chi connectivity index (χ1n) is 10.1. The third kappa shape index (κ3) is 3.96. The number of piperidine rings is 1. The van der Waals surface area contributed by atoms with Gasteiger partial charge in [0.1, 0.15) is 5.75 Å². The molecule has 1 fully saturated rings. The first kappa shape index (κ1) is 21.1.